The minimum atomic E-state index is 0.308. The monoisotopic (exact) mass is 306 g/mol. The molecule has 0 saturated carbocycles. The lowest BCUT2D eigenvalue weighted by molar-refractivity contribution is 0.0979. The maximum Gasteiger partial charge on any atom is 0.162 e. The van der Waals surface area contributed by atoms with E-state index in [0.29, 0.717) is 12.2 Å². The molecule has 0 amide bonds. The smallest absolute Gasteiger partial charge is 0.162 e. The van der Waals surface area contributed by atoms with E-state index >= 15 is 0 Å². The zero-order valence-corrected chi connectivity index (χ0v) is 14.1. The van der Waals surface area contributed by atoms with Crippen LogP contribution in [0, 0.1) is 0 Å². The van der Waals surface area contributed by atoms with Crippen molar-refractivity contribution in [1.29, 1.82) is 0 Å². The lowest BCUT2D eigenvalue weighted by Crippen LogP contribution is -2.06. The van der Waals surface area contributed by atoms with Gasteiger partial charge in [-0.15, -0.1) is 0 Å². The van der Waals surface area contributed by atoms with Crippen LogP contribution < -0.4 is 0 Å². The average molecular weight is 306 g/mol. The Balaban J connectivity index is 1.69. The number of ketones is 1. The van der Waals surface area contributed by atoms with Gasteiger partial charge in [-0.1, -0.05) is 69.0 Å². The second-order valence-corrected chi connectivity index (χ2v) is 6.62. The van der Waals surface area contributed by atoms with Crippen LogP contribution in [0.2, 0.25) is 0 Å². The van der Waals surface area contributed by atoms with Crippen molar-refractivity contribution in [2.75, 3.05) is 0 Å². The Morgan fingerprint density at radius 2 is 1.61 bits per heavy atom. The fourth-order valence-electron chi connectivity index (χ4n) is 3.54. The zero-order valence-electron chi connectivity index (χ0n) is 14.1. The van der Waals surface area contributed by atoms with Crippen molar-refractivity contribution in [3.8, 4) is 11.1 Å². The van der Waals surface area contributed by atoms with Gasteiger partial charge in [-0.2, -0.15) is 0 Å². The molecule has 2 aromatic carbocycles. The maximum atomic E-state index is 12.4. The van der Waals surface area contributed by atoms with Gasteiger partial charge in [0, 0.05) is 12.0 Å². The molecule has 1 aliphatic carbocycles. The predicted octanol–water partition coefficient (Wildman–Crippen LogP) is 6.00. The van der Waals surface area contributed by atoms with E-state index in [1.807, 2.05) is 6.07 Å². The quantitative estimate of drug-likeness (QED) is 0.453. The molecule has 1 nitrogen and oxygen atoms in total. The minimum Gasteiger partial charge on any atom is -0.294 e. The number of hydrogen-bond donors (Lipinski definition) is 0. The van der Waals surface area contributed by atoms with Crippen LogP contribution in [-0.4, -0.2) is 5.78 Å². The average Bonchev–Trinajstić information content (AvgIpc) is 2.60. The van der Waals surface area contributed by atoms with E-state index in [2.05, 4.69) is 43.3 Å². The maximum absolute atomic E-state index is 12.4. The molecule has 0 heterocycles. The Morgan fingerprint density at radius 1 is 0.870 bits per heavy atom. The molecular weight excluding hydrogens is 280 g/mol. The molecule has 0 radical (unpaired) electrons. The Labute approximate surface area is 139 Å². The summed E-state index contributed by atoms with van der Waals surface area (Å²) in [5, 5.41) is 0. The number of fused-ring (bicyclic) bond motifs is 3. The van der Waals surface area contributed by atoms with E-state index in [4.69, 9.17) is 0 Å². The molecule has 0 atom stereocenters. The lowest BCUT2D eigenvalue weighted by atomic mass is 9.84. The number of rotatable bonds is 7. The highest BCUT2D eigenvalue weighted by molar-refractivity contribution is 5.97. The van der Waals surface area contributed by atoms with Crippen LogP contribution in [0.25, 0.3) is 11.1 Å². The summed E-state index contributed by atoms with van der Waals surface area (Å²) in [6, 6.07) is 14.9. The topological polar surface area (TPSA) is 17.1 Å². The third-order valence-corrected chi connectivity index (χ3v) is 4.91. The van der Waals surface area contributed by atoms with Crippen molar-refractivity contribution < 1.29 is 4.79 Å². The van der Waals surface area contributed by atoms with Gasteiger partial charge in [0.05, 0.1) is 0 Å². The molecule has 0 fully saturated rings. The van der Waals surface area contributed by atoms with Gasteiger partial charge in [0.2, 0.25) is 0 Å². The molecule has 1 aliphatic rings. The van der Waals surface area contributed by atoms with Crippen molar-refractivity contribution >= 4 is 5.78 Å². The third kappa shape index (κ3) is 3.72. The molecule has 0 saturated heterocycles. The summed E-state index contributed by atoms with van der Waals surface area (Å²) >= 11 is 0. The van der Waals surface area contributed by atoms with Gasteiger partial charge in [0.25, 0.3) is 0 Å². The van der Waals surface area contributed by atoms with Crippen LogP contribution in [-0.2, 0) is 12.8 Å². The first-order valence-corrected chi connectivity index (χ1v) is 9.04. The van der Waals surface area contributed by atoms with Gasteiger partial charge in [0.1, 0.15) is 0 Å². The van der Waals surface area contributed by atoms with Crippen LogP contribution in [0.3, 0.4) is 0 Å². The van der Waals surface area contributed by atoms with Gasteiger partial charge < -0.3 is 0 Å². The second kappa shape index (κ2) is 7.59. The molecule has 0 bridgehead atoms. The zero-order chi connectivity index (χ0) is 16.1. The van der Waals surface area contributed by atoms with Crippen LogP contribution in [0.5, 0.6) is 0 Å². The molecule has 0 unspecified atom stereocenters. The molecule has 3 rings (SSSR count). The van der Waals surface area contributed by atoms with Gasteiger partial charge >= 0.3 is 0 Å². The fourth-order valence-corrected chi connectivity index (χ4v) is 3.54. The summed E-state index contributed by atoms with van der Waals surface area (Å²) in [5.74, 6) is 0.308. The number of carbonyl (C=O) groups excluding carboxylic acids is 1. The summed E-state index contributed by atoms with van der Waals surface area (Å²) in [5.41, 5.74) is 6.31. The summed E-state index contributed by atoms with van der Waals surface area (Å²) in [4.78, 5) is 12.4. The van der Waals surface area contributed by atoms with Crippen LogP contribution in [0.15, 0.2) is 42.5 Å². The summed E-state index contributed by atoms with van der Waals surface area (Å²) < 4.78 is 0. The van der Waals surface area contributed by atoms with Crippen molar-refractivity contribution in [2.45, 2.75) is 58.3 Å². The van der Waals surface area contributed by atoms with Crippen LogP contribution >= 0.6 is 0 Å². The molecule has 1 heteroatoms. The van der Waals surface area contributed by atoms with E-state index in [-0.39, 0.29) is 0 Å². The van der Waals surface area contributed by atoms with E-state index < -0.39 is 0 Å². The van der Waals surface area contributed by atoms with Crippen LogP contribution in [0.1, 0.15) is 66.9 Å². The van der Waals surface area contributed by atoms with E-state index in [1.165, 1.54) is 47.9 Å². The number of benzene rings is 2. The predicted molar refractivity (Wildman–Crippen MR) is 97.0 cm³/mol. The molecular formula is C22H26O. The van der Waals surface area contributed by atoms with Crippen LogP contribution in [0.4, 0.5) is 0 Å². The minimum absolute atomic E-state index is 0.308. The van der Waals surface area contributed by atoms with Crippen molar-refractivity contribution in [1.82, 2.24) is 0 Å². The van der Waals surface area contributed by atoms with Gasteiger partial charge in [-0.25, -0.2) is 0 Å². The second-order valence-electron chi connectivity index (χ2n) is 6.62. The van der Waals surface area contributed by atoms with Gasteiger partial charge in [-0.05, 0) is 47.6 Å². The van der Waals surface area contributed by atoms with Gasteiger partial charge in [0.15, 0.2) is 5.78 Å². The van der Waals surface area contributed by atoms with Crippen molar-refractivity contribution in [3.05, 3.63) is 59.2 Å². The number of unbranched alkanes of at least 4 members (excludes halogenated alkanes) is 4. The Bertz CT molecular complexity index is 684. The van der Waals surface area contributed by atoms with E-state index in [0.717, 1.165) is 24.8 Å². The first kappa shape index (κ1) is 16.0. The number of hydrogen-bond acceptors (Lipinski definition) is 1. The molecule has 23 heavy (non-hydrogen) atoms. The number of carbonyl (C=O) groups is 1. The van der Waals surface area contributed by atoms with E-state index in [1.54, 1.807) is 0 Å². The summed E-state index contributed by atoms with van der Waals surface area (Å²) in [6.07, 6.45) is 8.81. The normalized spacial score (nSPS) is 12.6. The lowest BCUT2D eigenvalue weighted by Gasteiger charge is -2.20. The molecule has 0 aliphatic heterocycles. The molecule has 0 N–H and O–H groups in total. The number of Topliss-reactive ketones (excluding diaryl/α,β-unsaturated/α-hetero) is 1. The largest absolute Gasteiger partial charge is 0.294 e. The highest BCUT2D eigenvalue weighted by Gasteiger charge is 2.17. The molecule has 2 aromatic rings. The molecule has 0 aromatic heterocycles. The van der Waals surface area contributed by atoms with Crippen molar-refractivity contribution in [3.63, 3.8) is 0 Å². The third-order valence-electron chi connectivity index (χ3n) is 4.91. The Kier molecular flexibility index (Phi) is 5.27. The summed E-state index contributed by atoms with van der Waals surface area (Å²) in [6.45, 7) is 2.22. The first-order chi connectivity index (χ1) is 11.3. The van der Waals surface area contributed by atoms with E-state index in [9.17, 15) is 4.79 Å². The SMILES string of the molecule is CCCCCCCC(=O)c1ccc2c(c1)CCc1ccccc1-2. The van der Waals surface area contributed by atoms with Gasteiger partial charge in [-0.3, -0.25) is 4.79 Å². The summed E-state index contributed by atoms with van der Waals surface area (Å²) in [7, 11) is 0. The fraction of sp³-hybridized carbons (Fsp3) is 0.409. The molecule has 0 spiro atoms. The standard InChI is InChI=1S/C22H26O/c1-2-3-4-5-6-11-22(23)19-14-15-21-18(16-19)13-12-17-9-7-8-10-20(17)21/h7-10,14-16H,2-6,11-13H2,1H3. The highest BCUT2D eigenvalue weighted by atomic mass is 16.1. The molecule has 120 valence electrons. The first-order valence-electron chi connectivity index (χ1n) is 9.04. The number of aryl methyl sites for hydroxylation is 2. The highest BCUT2D eigenvalue weighted by Crippen LogP contribution is 2.34. The Morgan fingerprint density at radius 3 is 2.48 bits per heavy atom. The van der Waals surface area contributed by atoms with Crippen molar-refractivity contribution in [2.24, 2.45) is 0 Å². The Hall–Kier alpha value is -1.89.